The van der Waals surface area contributed by atoms with Crippen LogP contribution in [0.1, 0.15) is 61.8 Å². The van der Waals surface area contributed by atoms with Gasteiger partial charge in [-0.2, -0.15) is 0 Å². The fourth-order valence-corrected chi connectivity index (χ4v) is 13.9. The predicted octanol–water partition coefficient (Wildman–Crippen LogP) is 17.9. The van der Waals surface area contributed by atoms with Gasteiger partial charge in [-0.3, -0.25) is 0 Å². The Morgan fingerprint density at radius 3 is 1.79 bits per heavy atom. The first-order valence-corrected chi connectivity index (χ1v) is 24.4. The molecule has 0 N–H and O–H groups in total. The minimum Gasteiger partial charge on any atom is -0.310 e. The van der Waals surface area contributed by atoms with Crippen LogP contribution < -0.4 is 4.90 Å². The van der Waals surface area contributed by atoms with Crippen molar-refractivity contribution in [3.8, 4) is 55.6 Å². The Bertz CT molecular complexity index is 3650. The van der Waals surface area contributed by atoms with E-state index in [0.717, 1.165) is 11.6 Å². The van der Waals surface area contributed by atoms with E-state index >= 15 is 0 Å². The largest absolute Gasteiger partial charge is 0.310 e. The number of hydrogen-bond acceptors (Lipinski definition) is 1. The first-order chi connectivity index (χ1) is 33.0. The van der Waals surface area contributed by atoms with Crippen molar-refractivity contribution in [1.82, 2.24) is 0 Å². The first kappa shape index (κ1) is 38.8. The summed E-state index contributed by atoms with van der Waals surface area (Å²) < 4.78 is 0. The molecule has 1 spiro atoms. The van der Waals surface area contributed by atoms with Crippen LogP contribution in [0.15, 0.2) is 212 Å². The molecule has 0 aromatic heterocycles. The highest BCUT2D eigenvalue weighted by Crippen LogP contribution is 2.66. The molecule has 67 heavy (non-hydrogen) atoms. The number of fused-ring (bicyclic) bond motifs is 14. The molecule has 0 saturated heterocycles. The van der Waals surface area contributed by atoms with Gasteiger partial charge in [0.05, 0.1) is 5.69 Å². The average Bonchev–Trinajstić information content (AvgIpc) is 4.13. The number of anilines is 3. The Morgan fingerprint density at radius 2 is 1.00 bits per heavy atom. The zero-order valence-electron chi connectivity index (χ0n) is 38.1. The summed E-state index contributed by atoms with van der Waals surface area (Å²) in [5.41, 5.74) is 22.5. The molecule has 1 heteroatoms. The predicted molar refractivity (Wildman–Crippen MR) is 282 cm³/mol. The number of rotatable bonds is 6. The highest BCUT2D eigenvalue weighted by atomic mass is 15.1. The van der Waals surface area contributed by atoms with E-state index in [9.17, 15) is 0 Å². The standard InChI is InChI=1S/C66H51N/c1-65(2)60-26-10-7-20-55(60)59-25-14-24-58(64(59)65)51-18-6-5-17-49(51)44-30-34-46(35-31-44)67(47-36-38-56-54-19-8-11-27-61(54)66(62(56)40-47)41-42-29-33-45(66)39-42)63-28-12-9-21-57(63)52-23-13-22-50-48-16-4-3-15-43(48)32-37-53(50)52/h3-28,30-32,34-38,40,42,45H,29,33,39,41H2,1-2H3. The van der Waals surface area contributed by atoms with Gasteiger partial charge in [-0.25, -0.2) is 0 Å². The molecule has 320 valence electrons. The summed E-state index contributed by atoms with van der Waals surface area (Å²) >= 11 is 0. The molecular formula is C66H51N. The minimum atomic E-state index is -0.113. The maximum absolute atomic E-state index is 2.60. The van der Waals surface area contributed by atoms with E-state index in [-0.39, 0.29) is 10.8 Å². The number of hydrogen-bond donors (Lipinski definition) is 0. The maximum atomic E-state index is 2.60. The monoisotopic (exact) mass is 857 g/mol. The van der Waals surface area contributed by atoms with Gasteiger partial charge in [-0.1, -0.05) is 202 Å². The molecule has 4 aliphatic carbocycles. The van der Waals surface area contributed by atoms with E-state index in [1.165, 1.54) is 131 Å². The molecule has 0 aliphatic heterocycles. The van der Waals surface area contributed by atoms with Crippen LogP contribution in [0.4, 0.5) is 17.1 Å². The lowest BCUT2D eigenvalue weighted by molar-refractivity contribution is 0.327. The summed E-state index contributed by atoms with van der Waals surface area (Å²) in [6.07, 6.45) is 5.30. The summed E-state index contributed by atoms with van der Waals surface area (Å²) in [6.45, 7) is 4.78. The van der Waals surface area contributed by atoms with Gasteiger partial charge in [-0.05, 0) is 155 Å². The van der Waals surface area contributed by atoms with Crippen LogP contribution in [-0.4, -0.2) is 0 Å². The summed E-state index contributed by atoms with van der Waals surface area (Å²) in [7, 11) is 0. The summed E-state index contributed by atoms with van der Waals surface area (Å²) in [5.74, 6) is 1.49. The van der Waals surface area contributed by atoms with Gasteiger partial charge in [-0.15, -0.1) is 0 Å². The molecule has 10 aromatic carbocycles. The molecule has 10 aromatic rings. The Morgan fingerprint density at radius 1 is 0.403 bits per heavy atom. The van der Waals surface area contributed by atoms with Crippen molar-refractivity contribution in [2.75, 3.05) is 4.90 Å². The van der Waals surface area contributed by atoms with Crippen molar-refractivity contribution in [1.29, 1.82) is 0 Å². The van der Waals surface area contributed by atoms with E-state index in [0.29, 0.717) is 5.92 Å². The molecule has 0 amide bonds. The van der Waals surface area contributed by atoms with Crippen molar-refractivity contribution >= 4 is 38.6 Å². The van der Waals surface area contributed by atoms with E-state index in [1.54, 1.807) is 5.56 Å². The second-order valence-corrected chi connectivity index (χ2v) is 20.4. The van der Waals surface area contributed by atoms with E-state index in [4.69, 9.17) is 0 Å². The highest BCUT2D eigenvalue weighted by molar-refractivity contribution is 6.13. The van der Waals surface area contributed by atoms with Crippen LogP contribution in [-0.2, 0) is 10.8 Å². The molecule has 3 atom stereocenters. The fourth-order valence-electron chi connectivity index (χ4n) is 13.9. The van der Waals surface area contributed by atoms with Crippen LogP contribution in [0.5, 0.6) is 0 Å². The third kappa shape index (κ3) is 5.55. The van der Waals surface area contributed by atoms with Crippen molar-refractivity contribution in [3.63, 3.8) is 0 Å². The lowest BCUT2D eigenvalue weighted by Crippen LogP contribution is -2.32. The molecular weight excluding hydrogens is 807 g/mol. The smallest absolute Gasteiger partial charge is 0.0540 e. The first-order valence-electron chi connectivity index (χ1n) is 24.4. The zero-order valence-corrected chi connectivity index (χ0v) is 38.1. The lowest BCUT2D eigenvalue weighted by atomic mass is 9.67. The summed E-state index contributed by atoms with van der Waals surface area (Å²) in [5, 5.41) is 5.10. The molecule has 2 bridgehead atoms. The zero-order chi connectivity index (χ0) is 44.4. The van der Waals surface area contributed by atoms with Crippen molar-refractivity contribution < 1.29 is 0 Å². The van der Waals surface area contributed by atoms with Crippen LogP contribution in [0.25, 0.3) is 77.2 Å². The quantitative estimate of drug-likeness (QED) is 0.151. The molecule has 1 nitrogen and oxygen atoms in total. The third-order valence-electron chi connectivity index (χ3n) is 16.7. The summed E-state index contributed by atoms with van der Waals surface area (Å²) in [4.78, 5) is 2.55. The average molecular weight is 858 g/mol. The van der Waals surface area contributed by atoms with E-state index in [1.807, 2.05) is 0 Å². The lowest BCUT2D eigenvalue weighted by Gasteiger charge is -2.37. The topological polar surface area (TPSA) is 3.24 Å². The molecule has 0 radical (unpaired) electrons. The Kier molecular flexibility index (Phi) is 8.39. The minimum absolute atomic E-state index is 0.0772. The van der Waals surface area contributed by atoms with Gasteiger partial charge < -0.3 is 4.90 Å². The fraction of sp³-hybridized carbons (Fsp3) is 0.152. The SMILES string of the molecule is CC1(C)c2ccccc2-c2cccc(-c3ccccc3-c3ccc(N(c4ccc5c(c4)C4(CC6CCC4C6)c4ccccc4-5)c4ccccc4-c4cccc5c4ccc4ccccc45)cc3)c21. The second kappa shape index (κ2) is 14.5. The number of para-hydroxylation sites is 1. The van der Waals surface area contributed by atoms with Gasteiger partial charge in [0, 0.05) is 27.8 Å². The van der Waals surface area contributed by atoms with Crippen LogP contribution in [0.2, 0.25) is 0 Å². The molecule has 14 rings (SSSR count). The second-order valence-electron chi connectivity index (χ2n) is 20.4. The van der Waals surface area contributed by atoms with Gasteiger partial charge in [0.15, 0.2) is 0 Å². The maximum Gasteiger partial charge on any atom is 0.0540 e. The van der Waals surface area contributed by atoms with Gasteiger partial charge in [0.1, 0.15) is 0 Å². The normalized spacial score (nSPS) is 19.1. The Hall–Kier alpha value is -7.48. The van der Waals surface area contributed by atoms with Gasteiger partial charge in [0.2, 0.25) is 0 Å². The van der Waals surface area contributed by atoms with Crippen molar-refractivity contribution in [2.45, 2.75) is 50.4 Å². The Labute approximate surface area is 394 Å². The van der Waals surface area contributed by atoms with E-state index < -0.39 is 0 Å². The molecule has 3 unspecified atom stereocenters. The van der Waals surface area contributed by atoms with Crippen molar-refractivity contribution in [3.05, 3.63) is 235 Å². The van der Waals surface area contributed by atoms with Gasteiger partial charge in [0.25, 0.3) is 0 Å². The summed E-state index contributed by atoms with van der Waals surface area (Å²) in [6, 6.07) is 80.5. The van der Waals surface area contributed by atoms with Crippen LogP contribution >= 0.6 is 0 Å². The van der Waals surface area contributed by atoms with Crippen molar-refractivity contribution in [2.24, 2.45) is 11.8 Å². The highest BCUT2D eigenvalue weighted by Gasteiger charge is 2.56. The van der Waals surface area contributed by atoms with Crippen LogP contribution in [0.3, 0.4) is 0 Å². The molecule has 0 heterocycles. The molecule has 4 aliphatic rings. The molecule has 2 fully saturated rings. The van der Waals surface area contributed by atoms with Gasteiger partial charge >= 0.3 is 0 Å². The number of nitrogens with zero attached hydrogens (tertiary/aromatic N) is 1. The van der Waals surface area contributed by atoms with E-state index in [2.05, 4.69) is 231 Å². The molecule has 2 saturated carbocycles. The third-order valence-corrected chi connectivity index (χ3v) is 16.7. The van der Waals surface area contributed by atoms with Crippen LogP contribution in [0, 0.1) is 11.8 Å². The Balaban J connectivity index is 0.946. The number of benzene rings is 10.